The van der Waals surface area contributed by atoms with Gasteiger partial charge in [0.05, 0.1) is 17.3 Å². The lowest BCUT2D eigenvalue weighted by atomic mass is 10.2. The lowest BCUT2D eigenvalue weighted by Crippen LogP contribution is -2.23. The van der Waals surface area contributed by atoms with Crippen LogP contribution in [-0.4, -0.2) is 21.8 Å². The van der Waals surface area contributed by atoms with Crippen molar-refractivity contribution < 1.29 is 9.59 Å². The molecule has 2 heterocycles. The summed E-state index contributed by atoms with van der Waals surface area (Å²) in [6, 6.07) is 15.0. The molecule has 0 radical (unpaired) electrons. The van der Waals surface area contributed by atoms with Crippen molar-refractivity contribution in [2.24, 2.45) is 0 Å². The van der Waals surface area contributed by atoms with Gasteiger partial charge in [-0.3, -0.25) is 14.6 Å². The van der Waals surface area contributed by atoms with Crippen molar-refractivity contribution in [3.8, 4) is 0 Å². The fourth-order valence-electron chi connectivity index (χ4n) is 2.28. The van der Waals surface area contributed by atoms with Gasteiger partial charge in [-0.25, -0.2) is 4.98 Å². The molecule has 2 N–H and O–H groups in total. The van der Waals surface area contributed by atoms with E-state index in [0.29, 0.717) is 17.8 Å². The van der Waals surface area contributed by atoms with E-state index in [0.717, 1.165) is 5.69 Å². The second-order valence-corrected chi connectivity index (χ2v) is 6.30. The van der Waals surface area contributed by atoms with Crippen molar-refractivity contribution in [1.82, 2.24) is 15.3 Å². The molecule has 0 fully saturated rings. The van der Waals surface area contributed by atoms with Gasteiger partial charge in [-0.05, 0) is 42.5 Å². The van der Waals surface area contributed by atoms with Gasteiger partial charge in [-0.15, -0.1) is 0 Å². The highest BCUT2D eigenvalue weighted by Gasteiger charge is 2.14. The number of aromatic nitrogens is 2. The van der Waals surface area contributed by atoms with E-state index in [1.807, 2.05) is 12.1 Å². The minimum atomic E-state index is -0.520. The van der Waals surface area contributed by atoms with Crippen LogP contribution in [-0.2, 0) is 6.54 Å². The minimum Gasteiger partial charge on any atom is -0.346 e. The quantitative estimate of drug-likeness (QED) is 0.634. The lowest BCUT2D eigenvalue weighted by molar-refractivity contribution is 0.0949. The molecule has 27 heavy (non-hydrogen) atoms. The molecule has 0 bridgehead atoms. The third-order valence-electron chi connectivity index (χ3n) is 3.57. The number of anilines is 1. The average Bonchev–Trinajstić information content (AvgIpc) is 2.69. The molecule has 1 aromatic carbocycles. The summed E-state index contributed by atoms with van der Waals surface area (Å²) in [7, 11) is 0. The van der Waals surface area contributed by atoms with Crippen LogP contribution in [0.3, 0.4) is 0 Å². The molecule has 0 aliphatic heterocycles. The zero-order chi connectivity index (χ0) is 19.2. The van der Waals surface area contributed by atoms with Crippen LogP contribution in [0.15, 0.2) is 60.8 Å². The molecule has 2 aromatic heterocycles. The van der Waals surface area contributed by atoms with Gasteiger partial charge in [0.25, 0.3) is 11.8 Å². The molecular formula is C19H14Cl2N4O2. The number of carbonyl (C=O) groups excluding carboxylic acids is 2. The van der Waals surface area contributed by atoms with Crippen LogP contribution in [0.5, 0.6) is 0 Å². The van der Waals surface area contributed by atoms with Gasteiger partial charge in [-0.2, -0.15) is 0 Å². The number of pyridine rings is 2. The number of benzene rings is 1. The smallest absolute Gasteiger partial charge is 0.275 e. The molecule has 0 saturated heterocycles. The Kier molecular flexibility index (Phi) is 6.01. The summed E-state index contributed by atoms with van der Waals surface area (Å²) >= 11 is 11.8. The van der Waals surface area contributed by atoms with Gasteiger partial charge in [0.1, 0.15) is 10.8 Å². The van der Waals surface area contributed by atoms with Crippen molar-refractivity contribution >= 4 is 40.7 Å². The second kappa shape index (κ2) is 8.62. The van der Waals surface area contributed by atoms with E-state index >= 15 is 0 Å². The Morgan fingerprint density at radius 2 is 1.81 bits per heavy atom. The first kappa shape index (κ1) is 18.8. The van der Waals surface area contributed by atoms with Crippen molar-refractivity contribution in [1.29, 1.82) is 0 Å². The van der Waals surface area contributed by atoms with Gasteiger partial charge < -0.3 is 10.6 Å². The predicted octanol–water partition coefficient (Wildman–Crippen LogP) is 3.97. The van der Waals surface area contributed by atoms with Crippen molar-refractivity contribution in [3.63, 3.8) is 0 Å². The van der Waals surface area contributed by atoms with Crippen LogP contribution < -0.4 is 10.6 Å². The molecule has 0 spiro atoms. The number of hydrogen-bond donors (Lipinski definition) is 2. The van der Waals surface area contributed by atoms with E-state index in [1.54, 1.807) is 36.5 Å². The van der Waals surface area contributed by atoms with Gasteiger partial charge in [0.2, 0.25) is 0 Å². The molecule has 3 aromatic rings. The van der Waals surface area contributed by atoms with Gasteiger partial charge in [0, 0.05) is 17.4 Å². The minimum absolute atomic E-state index is 0.00849. The monoisotopic (exact) mass is 400 g/mol. The summed E-state index contributed by atoms with van der Waals surface area (Å²) < 4.78 is 0. The van der Waals surface area contributed by atoms with Crippen molar-refractivity contribution in [3.05, 3.63) is 87.9 Å². The van der Waals surface area contributed by atoms with E-state index in [2.05, 4.69) is 20.6 Å². The second-order valence-electron chi connectivity index (χ2n) is 5.50. The normalized spacial score (nSPS) is 10.3. The number of hydrogen-bond acceptors (Lipinski definition) is 4. The Bertz CT molecular complexity index is 980. The Morgan fingerprint density at radius 3 is 2.59 bits per heavy atom. The largest absolute Gasteiger partial charge is 0.346 e. The third kappa shape index (κ3) is 5.03. The maximum atomic E-state index is 12.4. The van der Waals surface area contributed by atoms with Gasteiger partial charge in [0.15, 0.2) is 0 Å². The van der Waals surface area contributed by atoms with E-state index < -0.39 is 5.91 Å². The number of carbonyl (C=O) groups is 2. The average molecular weight is 401 g/mol. The topological polar surface area (TPSA) is 84.0 Å². The Balaban J connectivity index is 1.68. The number of amides is 2. The summed E-state index contributed by atoms with van der Waals surface area (Å²) in [5, 5.41) is 5.78. The molecule has 0 unspecified atom stereocenters. The van der Waals surface area contributed by atoms with E-state index in [-0.39, 0.29) is 21.8 Å². The van der Waals surface area contributed by atoms with Crippen LogP contribution in [0.4, 0.5) is 5.69 Å². The zero-order valence-corrected chi connectivity index (χ0v) is 15.5. The summed E-state index contributed by atoms with van der Waals surface area (Å²) in [6.45, 7) is 0.304. The molecule has 0 atom stereocenters. The highest BCUT2D eigenvalue weighted by molar-refractivity contribution is 6.35. The molecule has 8 heteroatoms. The Labute approximate surface area is 165 Å². The summed E-state index contributed by atoms with van der Waals surface area (Å²) in [6.07, 6.45) is 1.66. The molecule has 0 aliphatic carbocycles. The van der Waals surface area contributed by atoms with Crippen molar-refractivity contribution in [2.75, 3.05) is 5.32 Å². The number of nitrogens with one attached hydrogen (secondary N) is 2. The van der Waals surface area contributed by atoms with Gasteiger partial charge >= 0.3 is 0 Å². The molecule has 136 valence electrons. The third-order valence-corrected chi connectivity index (χ3v) is 4.08. The number of halogens is 2. The Hall–Kier alpha value is -2.96. The zero-order valence-electron chi connectivity index (χ0n) is 13.9. The number of nitrogens with zero attached hydrogens (tertiary/aromatic N) is 2. The van der Waals surface area contributed by atoms with E-state index in [4.69, 9.17) is 23.2 Å². The Morgan fingerprint density at radius 1 is 0.963 bits per heavy atom. The molecule has 3 rings (SSSR count). The summed E-state index contributed by atoms with van der Waals surface area (Å²) in [5.41, 5.74) is 1.59. The summed E-state index contributed by atoms with van der Waals surface area (Å²) in [4.78, 5) is 32.7. The molecule has 0 saturated carbocycles. The van der Waals surface area contributed by atoms with Crippen LogP contribution in [0.1, 0.15) is 26.5 Å². The maximum Gasteiger partial charge on any atom is 0.275 e. The molecule has 6 nitrogen and oxygen atoms in total. The fraction of sp³-hybridized carbons (Fsp3) is 0.0526. The van der Waals surface area contributed by atoms with Crippen LogP contribution in [0.25, 0.3) is 0 Å². The van der Waals surface area contributed by atoms with Crippen LogP contribution >= 0.6 is 23.2 Å². The first-order valence-corrected chi connectivity index (χ1v) is 8.70. The highest BCUT2D eigenvalue weighted by atomic mass is 35.5. The lowest BCUT2D eigenvalue weighted by Gasteiger charge is -2.09. The van der Waals surface area contributed by atoms with Crippen LogP contribution in [0.2, 0.25) is 10.2 Å². The summed E-state index contributed by atoms with van der Waals surface area (Å²) in [5.74, 6) is -0.802. The fourth-order valence-corrected chi connectivity index (χ4v) is 2.62. The molecule has 2 amide bonds. The molecule has 0 aliphatic rings. The van der Waals surface area contributed by atoms with E-state index in [9.17, 15) is 9.59 Å². The van der Waals surface area contributed by atoms with E-state index in [1.165, 1.54) is 12.1 Å². The first-order valence-electron chi connectivity index (χ1n) is 7.94. The van der Waals surface area contributed by atoms with Crippen LogP contribution in [0, 0.1) is 0 Å². The predicted molar refractivity (Wildman–Crippen MR) is 104 cm³/mol. The van der Waals surface area contributed by atoms with Gasteiger partial charge in [-0.1, -0.05) is 35.3 Å². The first-order chi connectivity index (χ1) is 13.0. The molecular weight excluding hydrogens is 387 g/mol. The maximum absolute atomic E-state index is 12.4. The highest BCUT2D eigenvalue weighted by Crippen LogP contribution is 2.19. The number of rotatable bonds is 5. The SMILES string of the molecule is O=C(NCc1ccccn1)c1cccc(NC(=O)c2nc(Cl)ccc2Cl)c1. The van der Waals surface area contributed by atoms with Crippen molar-refractivity contribution in [2.45, 2.75) is 6.54 Å². The standard InChI is InChI=1S/C19H14Cl2N4O2/c20-15-7-8-16(21)25-17(15)19(27)24-13-6-3-4-12(10-13)18(26)23-11-14-5-1-2-9-22-14/h1-10H,11H2,(H,23,26)(H,24,27).